The quantitative estimate of drug-likeness (QED) is 0.898. The van der Waals surface area contributed by atoms with Gasteiger partial charge in [0.2, 0.25) is 0 Å². The molecule has 110 valence electrons. The van der Waals surface area contributed by atoms with Gasteiger partial charge in [0.05, 0.1) is 12.7 Å². The molecule has 1 aromatic rings. The molecule has 2 aliphatic rings. The van der Waals surface area contributed by atoms with E-state index in [1.165, 1.54) is 5.56 Å². The molecule has 0 aliphatic carbocycles. The predicted molar refractivity (Wildman–Crippen MR) is 82.0 cm³/mol. The molecule has 4 nitrogen and oxygen atoms in total. The van der Waals surface area contributed by atoms with Crippen LogP contribution >= 0.6 is 15.9 Å². The number of hydrogen-bond donors (Lipinski definition) is 1. The monoisotopic (exact) mass is 340 g/mol. The minimum absolute atomic E-state index is 0.206. The first-order valence-corrected chi connectivity index (χ1v) is 8.10. The number of aryl methyl sites for hydroxylation is 1. The largest absolute Gasteiger partial charge is 0.393 e. The Morgan fingerprint density at radius 1 is 1.45 bits per heavy atom. The fourth-order valence-electron chi connectivity index (χ4n) is 3.32. The van der Waals surface area contributed by atoms with E-state index >= 15 is 0 Å². The second-order valence-corrected chi connectivity index (χ2v) is 6.64. The Morgan fingerprint density at radius 2 is 2.30 bits per heavy atom. The van der Waals surface area contributed by atoms with Crippen LogP contribution in [0.2, 0.25) is 0 Å². The minimum Gasteiger partial charge on any atom is -0.393 e. The number of aliphatic hydroxyl groups is 1. The smallest absolute Gasteiger partial charge is 0.129 e. The number of ether oxygens (including phenoxy) is 1. The van der Waals surface area contributed by atoms with Crippen LogP contribution < -0.4 is 4.90 Å². The van der Waals surface area contributed by atoms with Gasteiger partial charge in [0.25, 0.3) is 0 Å². The van der Waals surface area contributed by atoms with Crippen LogP contribution in [0.25, 0.3) is 0 Å². The molecule has 1 N–H and O–H groups in total. The molecular weight excluding hydrogens is 320 g/mol. The van der Waals surface area contributed by atoms with Crippen molar-refractivity contribution in [3.63, 3.8) is 0 Å². The van der Waals surface area contributed by atoms with Gasteiger partial charge in [0, 0.05) is 35.8 Å². The molecule has 2 aliphatic heterocycles. The van der Waals surface area contributed by atoms with Crippen molar-refractivity contribution in [3.8, 4) is 0 Å². The Bertz CT molecular complexity index is 483. The van der Waals surface area contributed by atoms with Crippen LogP contribution in [-0.4, -0.2) is 42.0 Å². The van der Waals surface area contributed by atoms with Crippen LogP contribution in [0.1, 0.15) is 24.8 Å². The molecule has 20 heavy (non-hydrogen) atoms. The molecule has 0 spiro atoms. The van der Waals surface area contributed by atoms with Crippen molar-refractivity contribution in [2.45, 2.75) is 38.3 Å². The van der Waals surface area contributed by atoms with Crippen LogP contribution in [0.3, 0.4) is 0 Å². The van der Waals surface area contributed by atoms with Gasteiger partial charge in [-0.1, -0.05) is 0 Å². The van der Waals surface area contributed by atoms with Crippen molar-refractivity contribution >= 4 is 21.7 Å². The molecule has 0 aromatic carbocycles. The van der Waals surface area contributed by atoms with Crippen molar-refractivity contribution < 1.29 is 9.84 Å². The normalized spacial score (nSPS) is 30.8. The molecule has 2 fully saturated rings. The summed E-state index contributed by atoms with van der Waals surface area (Å²) in [5.41, 5.74) is 1.20. The molecular formula is C15H21BrN2O2. The third kappa shape index (κ3) is 2.71. The zero-order chi connectivity index (χ0) is 14.1. The van der Waals surface area contributed by atoms with E-state index in [1.54, 1.807) is 0 Å². The molecule has 0 radical (unpaired) electrons. The number of halogens is 1. The van der Waals surface area contributed by atoms with Gasteiger partial charge in [0.15, 0.2) is 0 Å². The van der Waals surface area contributed by atoms with Crippen molar-refractivity contribution in [2.24, 2.45) is 5.92 Å². The number of aliphatic hydroxyl groups excluding tert-OH is 1. The van der Waals surface area contributed by atoms with Gasteiger partial charge in [0.1, 0.15) is 5.82 Å². The third-order valence-electron chi connectivity index (χ3n) is 4.48. The van der Waals surface area contributed by atoms with Gasteiger partial charge >= 0.3 is 0 Å². The van der Waals surface area contributed by atoms with E-state index in [0.717, 1.165) is 36.1 Å². The number of hydrogen-bond acceptors (Lipinski definition) is 4. The standard InChI is InChI=1S/C15H21BrN2O2/c1-10-7-15(17-8-12(10)16)18-5-2-3-13(18)11-9-20-6-4-14(11)19/h7-8,11,13-14,19H,2-6,9H2,1H3. The Kier molecular flexibility index (Phi) is 4.29. The highest BCUT2D eigenvalue weighted by molar-refractivity contribution is 9.10. The van der Waals surface area contributed by atoms with Crippen LogP contribution in [0.4, 0.5) is 5.82 Å². The lowest BCUT2D eigenvalue weighted by molar-refractivity contribution is -0.0438. The summed E-state index contributed by atoms with van der Waals surface area (Å²) in [6, 6.07) is 2.47. The number of pyridine rings is 1. The topological polar surface area (TPSA) is 45.6 Å². The highest BCUT2D eigenvalue weighted by Gasteiger charge is 2.38. The molecule has 1 aromatic heterocycles. The summed E-state index contributed by atoms with van der Waals surface area (Å²) in [5.74, 6) is 1.22. The van der Waals surface area contributed by atoms with Gasteiger partial charge in [-0.3, -0.25) is 0 Å². The van der Waals surface area contributed by atoms with E-state index in [1.807, 2.05) is 6.20 Å². The summed E-state index contributed by atoms with van der Waals surface area (Å²) >= 11 is 3.50. The van der Waals surface area contributed by atoms with Gasteiger partial charge in [-0.05, 0) is 53.7 Å². The number of rotatable bonds is 2. The molecule has 0 saturated carbocycles. The number of anilines is 1. The van der Waals surface area contributed by atoms with Gasteiger partial charge in [-0.15, -0.1) is 0 Å². The molecule has 0 bridgehead atoms. The molecule has 3 rings (SSSR count). The maximum atomic E-state index is 10.3. The fraction of sp³-hybridized carbons (Fsp3) is 0.667. The summed E-state index contributed by atoms with van der Waals surface area (Å²) in [4.78, 5) is 6.90. The molecule has 3 unspecified atom stereocenters. The summed E-state index contributed by atoms with van der Waals surface area (Å²) in [6.45, 7) is 4.44. The molecule has 5 heteroatoms. The second-order valence-electron chi connectivity index (χ2n) is 5.79. The average molecular weight is 341 g/mol. The van der Waals surface area contributed by atoms with Crippen molar-refractivity contribution in [3.05, 3.63) is 22.3 Å². The summed E-state index contributed by atoms with van der Waals surface area (Å²) in [6.07, 6.45) is 4.65. The van der Waals surface area contributed by atoms with E-state index in [0.29, 0.717) is 19.3 Å². The average Bonchev–Trinajstić information content (AvgIpc) is 2.91. The van der Waals surface area contributed by atoms with E-state index in [9.17, 15) is 5.11 Å². The third-order valence-corrected chi connectivity index (χ3v) is 5.31. The van der Waals surface area contributed by atoms with Gasteiger partial charge in [-0.2, -0.15) is 0 Å². The Balaban J connectivity index is 1.82. The lowest BCUT2D eigenvalue weighted by Crippen LogP contribution is -2.46. The molecule has 0 amide bonds. The Labute approximate surface area is 128 Å². The summed E-state index contributed by atoms with van der Waals surface area (Å²) < 4.78 is 6.62. The minimum atomic E-state index is -0.245. The molecule has 3 atom stereocenters. The second kappa shape index (κ2) is 6.00. The van der Waals surface area contributed by atoms with Crippen LogP contribution in [0.5, 0.6) is 0 Å². The molecule has 3 heterocycles. The van der Waals surface area contributed by atoms with E-state index in [-0.39, 0.29) is 12.0 Å². The van der Waals surface area contributed by atoms with E-state index in [2.05, 4.69) is 38.8 Å². The first-order chi connectivity index (χ1) is 9.66. The molecule has 2 saturated heterocycles. The lowest BCUT2D eigenvalue weighted by Gasteiger charge is -2.37. The van der Waals surface area contributed by atoms with Crippen LogP contribution in [-0.2, 0) is 4.74 Å². The summed E-state index contributed by atoms with van der Waals surface area (Å²) in [7, 11) is 0. The zero-order valence-electron chi connectivity index (χ0n) is 11.8. The maximum absolute atomic E-state index is 10.3. The Hall–Kier alpha value is -0.650. The highest BCUT2D eigenvalue weighted by atomic mass is 79.9. The van der Waals surface area contributed by atoms with E-state index in [4.69, 9.17) is 4.74 Å². The van der Waals surface area contributed by atoms with Crippen molar-refractivity contribution in [2.75, 3.05) is 24.7 Å². The fourth-order valence-corrected chi connectivity index (χ4v) is 3.54. The van der Waals surface area contributed by atoms with Crippen LogP contribution in [0, 0.1) is 12.8 Å². The maximum Gasteiger partial charge on any atom is 0.129 e. The number of nitrogens with zero attached hydrogens (tertiary/aromatic N) is 2. The van der Waals surface area contributed by atoms with E-state index < -0.39 is 0 Å². The SMILES string of the molecule is Cc1cc(N2CCCC2C2COCCC2O)ncc1Br. The first kappa shape index (κ1) is 14.3. The van der Waals surface area contributed by atoms with Crippen molar-refractivity contribution in [1.82, 2.24) is 4.98 Å². The van der Waals surface area contributed by atoms with Crippen molar-refractivity contribution in [1.29, 1.82) is 0 Å². The Morgan fingerprint density at radius 3 is 3.05 bits per heavy atom. The number of aromatic nitrogens is 1. The van der Waals surface area contributed by atoms with Crippen LogP contribution in [0.15, 0.2) is 16.7 Å². The highest BCUT2D eigenvalue weighted by Crippen LogP contribution is 2.33. The lowest BCUT2D eigenvalue weighted by atomic mass is 9.89. The first-order valence-electron chi connectivity index (χ1n) is 7.31. The summed E-state index contributed by atoms with van der Waals surface area (Å²) in [5, 5.41) is 10.3. The van der Waals surface area contributed by atoms with Gasteiger partial charge < -0.3 is 14.7 Å². The van der Waals surface area contributed by atoms with Gasteiger partial charge in [-0.25, -0.2) is 4.98 Å². The zero-order valence-corrected chi connectivity index (χ0v) is 13.3. The predicted octanol–water partition coefficient (Wildman–Crippen LogP) is 2.52.